The Hall–Kier alpha value is -3.74. The molecule has 0 unspecified atom stereocenters. The molecular weight excluding hydrogens is 420 g/mol. The predicted molar refractivity (Wildman–Crippen MR) is 126 cm³/mol. The van der Waals surface area contributed by atoms with E-state index in [4.69, 9.17) is 4.74 Å². The van der Waals surface area contributed by atoms with Gasteiger partial charge in [-0.15, -0.1) is 0 Å². The number of aliphatic hydroxyl groups excluding tert-OH is 1. The molecule has 9 nitrogen and oxygen atoms in total. The lowest BCUT2D eigenvalue weighted by atomic mass is 9.83. The number of methoxy groups -OCH3 is 1. The zero-order valence-corrected chi connectivity index (χ0v) is 18.6. The third kappa shape index (κ3) is 4.44. The Labute approximate surface area is 191 Å². The van der Waals surface area contributed by atoms with Crippen molar-refractivity contribution in [2.75, 3.05) is 37.5 Å². The molecule has 170 valence electrons. The highest BCUT2D eigenvalue weighted by Crippen LogP contribution is 2.41. The second-order valence-corrected chi connectivity index (χ2v) is 8.29. The summed E-state index contributed by atoms with van der Waals surface area (Å²) in [5.41, 5.74) is 3.20. The van der Waals surface area contributed by atoms with Gasteiger partial charge in [0.2, 0.25) is 5.95 Å². The summed E-state index contributed by atoms with van der Waals surface area (Å²) < 4.78 is 6.68. The molecule has 1 atom stereocenters. The summed E-state index contributed by atoms with van der Waals surface area (Å²) >= 11 is 0. The van der Waals surface area contributed by atoms with Gasteiger partial charge in [-0.1, -0.05) is 6.92 Å². The zero-order chi connectivity index (χ0) is 23.4. The van der Waals surface area contributed by atoms with E-state index in [0.717, 1.165) is 23.2 Å². The highest BCUT2D eigenvalue weighted by atomic mass is 16.5. The number of rotatable bonds is 8. The molecule has 0 saturated heterocycles. The van der Waals surface area contributed by atoms with Gasteiger partial charge in [-0.05, 0) is 42.3 Å². The molecule has 2 aromatic heterocycles. The molecule has 1 aliphatic heterocycles. The van der Waals surface area contributed by atoms with Gasteiger partial charge in [0.25, 0.3) is 5.56 Å². The highest BCUT2D eigenvalue weighted by Gasteiger charge is 2.35. The van der Waals surface area contributed by atoms with Crippen LogP contribution in [0, 0.1) is 11.3 Å². The first-order valence-corrected chi connectivity index (χ1v) is 10.7. The second kappa shape index (κ2) is 9.40. The van der Waals surface area contributed by atoms with Crippen LogP contribution in [0.4, 0.5) is 17.3 Å². The van der Waals surface area contributed by atoms with Crippen molar-refractivity contribution in [2.45, 2.75) is 25.3 Å². The maximum atomic E-state index is 12.8. The van der Waals surface area contributed by atoms with Crippen molar-refractivity contribution >= 4 is 17.3 Å². The first kappa shape index (κ1) is 22.5. The first-order valence-electron chi connectivity index (χ1n) is 10.7. The number of anilines is 3. The number of aliphatic hydroxyl groups is 1. The molecule has 0 spiro atoms. The summed E-state index contributed by atoms with van der Waals surface area (Å²) in [5.74, 6) is 0.279. The second-order valence-electron chi connectivity index (χ2n) is 8.29. The lowest BCUT2D eigenvalue weighted by Crippen LogP contribution is -2.28. The molecule has 33 heavy (non-hydrogen) atoms. The normalized spacial score (nSPS) is 16.7. The highest BCUT2D eigenvalue weighted by molar-refractivity contribution is 5.76. The fraction of sp³-hybridized carbons (Fsp3) is 0.333. The van der Waals surface area contributed by atoms with Gasteiger partial charge in [0.1, 0.15) is 11.8 Å². The lowest BCUT2D eigenvalue weighted by molar-refractivity contribution is 0.190. The molecule has 0 radical (unpaired) electrons. The van der Waals surface area contributed by atoms with Crippen LogP contribution in [0.1, 0.15) is 24.5 Å². The molecule has 3 heterocycles. The molecule has 0 saturated carbocycles. The summed E-state index contributed by atoms with van der Waals surface area (Å²) in [5, 5.41) is 25.8. The average Bonchev–Trinajstić information content (AvgIpc) is 3.18. The van der Waals surface area contributed by atoms with Crippen LogP contribution in [0.2, 0.25) is 0 Å². The molecule has 1 aromatic carbocycles. The third-order valence-electron chi connectivity index (χ3n) is 5.88. The lowest BCUT2D eigenvalue weighted by Gasteiger charge is -2.21. The van der Waals surface area contributed by atoms with E-state index in [9.17, 15) is 15.2 Å². The number of hydrogen-bond donors (Lipinski definition) is 3. The minimum absolute atomic E-state index is 0.0391. The maximum Gasteiger partial charge on any atom is 0.274 e. The summed E-state index contributed by atoms with van der Waals surface area (Å²) in [6.45, 7) is 3.59. The van der Waals surface area contributed by atoms with Gasteiger partial charge in [0.15, 0.2) is 0 Å². The molecule has 1 aliphatic rings. The van der Waals surface area contributed by atoms with Crippen LogP contribution in [0.15, 0.2) is 47.5 Å². The topological polar surface area (TPSA) is 125 Å². The molecule has 4 rings (SSSR count). The molecule has 0 aliphatic carbocycles. The fourth-order valence-corrected chi connectivity index (χ4v) is 3.95. The Balaban J connectivity index is 1.65. The number of hydrogen-bond acceptors (Lipinski definition) is 8. The van der Waals surface area contributed by atoms with Crippen LogP contribution in [0.25, 0.3) is 11.3 Å². The van der Waals surface area contributed by atoms with E-state index < -0.39 is 5.41 Å². The Morgan fingerprint density at radius 3 is 3.00 bits per heavy atom. The van der Waals surface area contributed by atoms with Crippen LogP contribution >= 0.6 is 0 Å². The van der Waals surface area contributed by atoms with Crippen molar-refractivity contribution in [1.29, 1.82) is 5.26 Å². The smallest absolute Gasteiger partial charge is 0.274 e. The van der Waals surface area contributed by atoms with Crippen molar-refractivity contribution in [3.8, 4) is 17.3 Å². The van der Waals surface area contributed by atoms with E-state index >= 15 is 0 Å². The van der Waals surface area contributed by atoms with Gasteiger partial charge < -0.3 is 25.0 Å². The van der Waals surface area contributed by atoms with Gasteiger partial charge in [0.05, 0.1) is 23.6 Å². The Bertz CT molecular complexity index is 1270. The van der Waals surface area contributed by atoms with E-state index in [2.05, 4.69) is 26.7 Å². The van der Waals surface area contributed by atoms with E-state index in [1.165, 1.54) is 0 Å². The summed E-state index contributed by atoms with van der Waals surface area (Å²) in [6, 6.07) is 11.2. The first-order chi connectivity index (χ1) is 16.0. The van der Waals surface area contributed by atoms with E-state index in [1.807, 2.05) is 13.0 Å². The largest absolute Gasteiger partial charge is 0.395 e. The number of nitriles is 1. The molecule has 0 fully saturated rings. The fourth-order valence-electron chi connectivity index (χ4n) is 3.95. The molecule has 0 bridgehead atoms. The Morgan fingerprint density at radius 2 is 2.24 bits per heavy atom. The van der Waals surface area contributed by atoms with Gasteiger partial charge in [0, 0.05) is 50.2 Å². The standard InChI is InChI=1S/C24H26N6O3/c1-24(15-31)14-27-21-17(13-25)11-16(12-18(21)24)19-6-7-26-23(28-19)29-20-5-3-8-30(22(20)32)9-4-10-33-2/h3,5-8,11-12,27,31H,4,9-10,14-15H2,1-2H3,(H,26,28,29)/t24-/m1/s1. The molecule has 3 N–H and O–H groups in total. The van der Waals surface area contributed by atoms with Crippen molar-refractivity contribution in [3.05, 3.63) is 64.2 Å². The summed E-state index contributed by atoms with van der Waals surface area (Å²) in [4.78, 5) is 21.6. The minimum atomic E-state index is -0.483. The summed E-state index contributed by atoms with van der Waals surface area (Å²) in [7, 11) is 1.63. The van der Waals surface area contributed by atoms with Crippen LogP contribution in [0.5, 0.6) is 0 Å². The van der Waals surface area contributed by atoms with Crippen LogP contribution in [-0.2, 0) is 16.7 Å². The summed E-state index contributed by atoms with van der Waals surface area (Å²) in [6.07, 6.45) is 4.07. The van der Waals surface area contributed by atoms with E-state index in [-0.39, 0.29) is 18.1 Å². The van der Waals surface area contributed by atoms with Gasteiger partial charge in [-0.2, -0.15) is 5.26 Å². The van der Waals surface area contributed by atoms with Gasteiger partial charge in [-0.25, -0.2) is 9.97 Å². The van der Waals surface area contributed by atoms with Gasteiger partial charge in [-0.3, -0.25) is 4.79 Å². The number of ether oxygens (including phenoxy) is 1. The Kier molecular flexibility index (Phi) is 6.40. The number of aromatic nitrogens is 3. The van der Waals surface area contributed by atoms with E-state index in [0.29, 0.717) is 36.6 Å². The molecule has 3 aromatic rings. The molecule has 9 heteroatoms. The van der Waals surface area contributed by atoms with Crippen LogP contribution in [0.3, 0.4) is 0 Å². The minimum Gasteiger partial charge on any atom is -0.395 e. The Morgan fingerprint density at radius 1 is 1.39 bits per heavy atom. The average molecular weight is 447 g/mol. The SMILES string of the molecule is COCCCn1cccc(Nc2nccc(-c3cc(C#N)c4c(c3)[C@@](C)(CO)CN4)n2)c1=O. The zero-order valence-electron chi connectivity index (χ0n) is 18.6. The van der Waals surface area contributed by atoms with Gasteiger partial charge >= 0.3 is 0 Å². The monoisotopic (exact) mass is 446 g/mol. The number of nitrogens with zero attached hydrogens (tertiary/aromatic N) is 4. The predicted octanol–water partition coefficient (Wildman–Crippen LogP) is 2.63. The molecular formula is C24H26N6O3. The third-order valence-corrected chi connectivity index (χ3v) is 5.88. The van der Waals surface area contributed by atoms with Crippen molar-refractivity contribution < 1.29 is 9.84 Å². The van der Waals surface area contributed by atoms with Crippen molar-refractivity contribution in [1.82, 2.24) is 14.5 Å². The quantitative estimate of drug-likeness (QED) is 0.451. The van der Waals surface area contributed by atoms with Crippen molar-refractivity contribution in [3.63, 3.8) is 0 Å². The van der Waals surface area contributed by atoms with Crippen LogP contribution in [-0.4, -0.2) is 46.5 Å². The van der Waals surface area contributed by atoms with E-state index in [1.54, 1.807) is 48.3 Å². The molecule has 0 amide bonds. The number of fused-ring (bicyclic) bond motifs is 1. The van der Waals surface area contributed by atoms with Crippen molar-refractivity contribution in [2.24, 2.45) is 0 Å². The number of benzene rings is 1. The number of pyridine rings is 1. The number of aryl methyl sites for hydroxylation is 1. The number of nitrogens with one attached hydrogen (secondary N) is 2. The maximum absolute atomic E-state index is 12.8. The van der Waals surface area contributed by atoms with Crippen LogP contribution < -0.4 is 16.2 Å².